The summed E-state index contributed by atoms with van der Waals surface area (Å²) in [5.74, 6) is -0.00772. The predicted octanol–water partition coefficient (Wildman–Crippen LogP) is 3.25. The van der Waals surface area contributed by atoms with E-state index in [2.05, 4.69) is 26.0 Å². The third-order valence-electron chi connectivity index (χ3n) is 2.65. The van der Waals surface area contributed by atoms with E-state index in [0.717, 1.165) is 12.8 Å². The van der Waals surface area contributed by atoms with Crippen molar-refractivity contribution < 1.29 is 8.42 Å². The van der Waals surface area contributed by atoms with Gasteiger partial charge in [0.2, 0.25) is 10.0 Å². The van der Waals surface area contributed by atoms with E-state index in [0.29, 0.717) is 17.1 Å². The molecule has 2 N–H and O–H groups in total. The standard InChI is InChI=1S/C11H13BrCl2N2O2S/c12-7-5-9(13)11(10(14)6-7)16-19(17,18)4-3-15-8-1-2-8/h5-6,8,15-16H,1-4H2. The van der Waals surface area contributed by atoms with Crippen LogP contribution < -0.4 is 10.0 Å². The summed E-state index contributed by atoms with van der Waals surface area (Å²) in [7, 11) is -3.46. The Labute approximate surface area is 131 Å². The summed E-state index contributed by atoms with van der Waals surface area (Å²) in [5.41, 5.74) is 0.220. The summed E-state index contributed by atoms with van der Waals surface area (Å²) >= 11 is 15.2. The Kier molecular flexibility index (Phi) is 5.00. The Hall–Kier alpha value is -0.0100. The third-order valence-corrected chi connectivity index (χ3v) is 4.96. The van der Waals surface area contributed by atoms with Crippen molar-refractivity contribution in [3.8, 4) is 0 Å². The minimum atomic E-state index is -3.46. The molecule has 1 aromatic rings. The van der Waals surface area contributed by atoms with E-state index in [1.54, 1.807) is 12.1 Å². The molecule has 1 fully saturated rings. The first-order valence-electron chi connectivity index (χ1n) is 5.76. The Morgan fingerprint density at radius 3 is 2.37 bits per heavy atom. The zero-order chi connectivity index (χ0) is 14.0. The first-order chi connectivity index (χ1) is 8.87. The van der Waals surface area contributed by atoms with Gasteiger partial charge in [0.1, 0.15) is 0 Å². The van der Waals surface area contributed by atoms with Gasteiger partial charge in [-0.1, -0.05) is 39.1 Å². The molecule has 0 spiro atoms. The SMILES string of the molecule is O=S(=O)(CCNC1CC1)Nc1c(Cl)cc(Br)cc1Cl. The van der Waals surface area contributed by atoms with Gasteiger partial charge >= 0.3 is 0 Å². The van der Waals surface area contributed by atoms with Crippen LogP contribution in [0, 0.1) is 0 Å². The number of anilines is 1. The van der Waals surface area contributed by atoms with Gasteiger partial charge in [-0.2, -0.15) is 0 Å². The maximum absolute atomic E-state index is 11.9. The van der Waals surface area contributed by atoms with Crippen molar-refractivity contribution in [3.05, 3.63) is 26.7 Å². The minimum absolute atomic E-state index is 0.00772. The molecular formula is C11H13BrCl2N2O2S. The van der Waals surface area contributed by atoms with Crippen molar-refractivity contribution in [1.82, 2.24) is 5.32 Å². The lowest BCUT2D eigenvalue weighted by atomic mass is 10.3. The molecular weight excluding hydrogens is 375 g/mol. The fraction of sp³-hybridized carbons (Fsp3) is 0.455. The van der Waals surface area contributed by atoms with E-state index < -0.39 is 10.0 Å². The van der Waals surface area contributed by atoms with E-state index in [-0.39, 0.29) is 21.5 Å². The molecule has 1 aliphatic rings. The number of benzene rings is 1. The van der Waals surface area contributed by atoms with Crippen LogP contribution in [0.3, 0.4) is 0 Å². The van der Waals surface area contributed by atoms with Gasteiger partial charge in [0, 0.05) is 17.1 Å². The summed E-state index contributed by atoms with van der Waals surface area (Å²) < 4.78 is 26.9. The largest absolute Gasteiger partial charge is 0.313 e. The maximum atomic E-state index is 11.9. The summed E-state index contributed by atoms with van der Waals surface area (Å²) in [5, 5.41) is 3.67. The average Bonchev–Trinajstić information content (AvgIpc) is 3.07. The number of nitrogens with one attached hydrogen (secondary N) is 2. The summed E-state index contributed by atoms with van der Waals surface area (Å²) in [6.45, 7) is 0.422. The zero-order valence-corrected chi connectivity index (χ0v) is 13.8. The molecule has 0 saturated heterocycles. The highest BCUT2D eigenvalue weighted by Gasteiger charge is 2.22. The van der Waals surface area contributed by atoms with Crippen molar-refractivity contribution >= 4 is 54.8 Å². The molecule has 0 aromatic heterocycles. The number of hydrogen-bond acceptors (Lipinski definition) is 3. The van der Waals surface area contributed by atoms with Gasteiger partial charge in [0.15, 0.2) is 0 Å². The molecule has 8 heteroatoms. The summed E-state index contributed by atoms with van der Waals surface area (Å²) in [6.07, 6.45) is 2.25. The monoisotopic (exact) mass is 386 g/mol. The van der Waals surface area contributed by atoms with Gasteiger partial charge in [0.05, 0.1) is 21.5 Å². The molecule has 0 atom stereocenters. The van der Waals surface area contributed by atoms with E-state index in [1.807, 2.05) is 0 Å². The molecule has 0 bridgehead atoms. The average molecular weight is 388 g/mol. The van der Waals surface area contributed by atoms with Gasteiger partial charge in [-0.05, 0) is 25.0 Å². The third kappa shape index (κ3) is 4.79. The van der Waals surface area contributed by atoms with Crippen LogP contribution >= 0.6 is 39.1 Å². The molecule has 1 aromatic carbocycles. The number of halogens is 3. The first-order valence-corrected chi connectivity index (χ1v) is 8.96. The molecule has 2 rings (SSSR count). The quantitative estimate of drug-likeness (QED) is 0.787. The Morgan fingerprint density at radius 1 is 1.26 bits per heavy atom. The lowest BCUT2D eigenvalue weighted by molar-refractivity contribution is 0.595. The van der Waals surface area contributed by atoms with Crippen molar-refractivity contribution in [3.63, 3.8) is 0 Å². The van der Waals surface area contributed by atoms with E-state index >= 15 is 0 Å². The molecule has 0 amide bonds. The van der Waals surface area contributed by atoms with Gasteiger partial charge < -0.3 is 5.32 Å². The molecule has 0 radical (unpaired) electrons. The lowest BCUT2D eigenvalue weighted by Gasteiger charge is -2.12. The topological polar surface area (TPSA) is 58.2 Å². The van der Waals surface area contributed by atoms with Crippen LogP contribution in [0.4, 0.5) is 5.69 Å². The summed E-state index contributed by atoms with van der Waals surface area (Å²) in [6, 6.07) is 3.66. The van der Waals surface area contributed by atoms with Crippen LogP contribution in [0.1, 0.15) is 12.8 Å². The van der Waals surface area contributed by atoms with Crippen molar-refractivity contribution in [2.24, 2.45) is 0 Å². The molecule has 0 unspecified atom stereocenters. The van der Waals surface area contributed by atoms with E-state index in [1.165, 1.54) is 0 Å². The van der Waals surface area contributed by atoms with Crippen LogP contribution in [0.25, 0.3) is 0 Å². The minimum Gasteiger partial charge on any atom is -0.313 e. The second kappa shape index (κ2) is 6.18. The number of sulfonamides is 1. The van der Waals surface area contributed by atoms with Crippen LogP contribution in [0.2, 0.25) is 10.0 Å². The molecule has 1 aliphatic carbocycles. The van der Waals surface area contributed by atoms with Crippen LogP contribution in [-0.2, 0) is 10.0 Å². The van der Waals surface area contributed by atoms with Crippen molar-refractivity contribution in [2.45, 2.75) is 18.9 Å². The van der Waals surface area contributed by atoms with E-state index in [9.17, 15) is 8.42 Å². The zero-order valence-electron chi connectivity index (χ0n) is 9.92. The van der Waals surface area contributed by atoms with Crippen LogP contribution in [0.5, 0.6) is 0 Å². The second-order valence-electron chi connectivity index (χ2n) is 4.39. The number of hydrogen-bond donors (Lipinski definition) is 2. The Bertz CT molecular complexity index is 553. The molecule has 1 saturated carbocycles. The predicted molar refractivity (Wildman–Crippen MR) is 82.6 cm³/mol. The lowest BCUT2D eigenvalue weighted by Crippen LogP contribution is -2.28. The molecule has 4 nitrogen and oxygen atoms in total. The maximum Gasteiger partial charge on any atom is 0.234 e. The van der Waals surface area contributed by atoms with Gasteiger partial charge in [0.25, 0.3) is 0 Å². The smallest absolute Gasteiger partial charge is 0.234 e. The Morgan fingerprint density at radius 2 is 1.84 bits per heavy atom. The number of rotatable bonds is 6. The molecule has 0 heterocycles. The van der Waals surface area contributed by atoms with Gasteiger partial charge in [-0.15, -0.1) is 0 Å². The highest BCUT2D eigenvalue weighted by Crippen LogP contribution is 2.34. The van der Waals surface area contributed by atoms with Gasteiger partial charge in [-0.25, -0.2) is 8.42 Å². The first kappa shape index (κ1) is 15.4. The van der Waals surface area contributed by atoms with Crippen LogP contribution in [0.15, 0.2) is 16.6 Å². The molecule has 106 valence electrons. The normalized spacial score (nSPS) is 15.5. The Balaban J connectivity index is 2.02. The molecule has 19 heavy (non-hydrogen) atoms. The highest BCUT2D eigenvalue weighted by molar-refractivity contribution is 9.10. The second-order valence-corrected chi connectivity index (χ2v) is 7.97. The van der Waals surface area contributed by atoms with Crippen molar-refractivity contribution in [2.75, 3.05) is 17.0 Å². The molecule has 0 aliphatic heterocycles. The van der Waals surface area contributed by atoms with Gasteiger partial charge in [-0.3, -0.25) is 4.72 Å². The van der Waals surface area contributed by atoms with Crippen molar-refractivity contribution in [1.29, 1.82) is 0 Å². The fourth-order valence-electron chi connectivity index (χ4n) is 1.53. The van der Waals surface area contributed by atoms with E-state index in [4.69, 9.17) is 23.2 Å². The highest BCUT2D eigenvalue weighted by atomic mass is 79.9. The summed E-state index contributed by atoms with van der Waals surface area (Å²) in [4.78, 5) is 0. The van der Waals surface area contributed by atoms with Crippen LogP contribution in [-0.4, -0.2) is 26.8 Å². The fourth-order valence-corrected chi connectivity index (χ4v) is 3.97.